The highest BCUT2D eigenvalue weighted by Crippen LogP contribution is 2.74. The van der Waals surface area contributed by atoms with E-state index in [-0.39, 0.29) is 5.41 Å². The molecule has 0 saturated heterocycles. The number of carbonyl (C=O) groups is 1. The van der Waals surface area contributed by atoms with Crippen molar-refractivity contribution in [3.8, 4) is 0 Å². The Morgan fingerprint density at radius 1 is 1.33 bits per heavy atom. The second kappa shape index (κ2) is 1.64. The highest BCUT2D eigenvalue weighted by molar-refractivity contribution is 5.91. The molecule has 2 bridgehead atoms. The fraction of sp³-hybridized carbons (Fsp3) is 0.909. The van der Waals surface area contributed by atoms with E-state index in [9.17, 15) is 4.79 Å². The standard InChI is InChI=1S/C11H16O/c1-10(2)8-5-7-3-4-11(7,10)9(12)6-8/h7-8H,3-6H2,1-2H3. The molecule has 0 radical (unpaired) electrons. The van der Waals surface area contributed by atoms with Crippen LogP contribution in [-0.4, -0.2) is 5.78 Å². The largest absolute Gasteiger partial charge is 0.299 e. The average molecular weight is 164 g/mol. The molecule has 0 aromatic carbocycles. The molecule has 3 saturated carbocycles. The lowest BCUT2D eigenvalue weighted by atomic mass is 9.53. The second-order valence-corrected chi connectivity index (χ2v) is 5.49. The predicted octanol–water partition coefficient (Wildman–Crippen LogP) is 2.40. The molecular weight excluding hydrogens is 148 g/mol. The summed E-state index contributed by atoms with van der Waals surface area (Å²) in [6.45, 7) is 4.64. The maximum Gasteiger partial charge on any atom is 0.140 e. The Morgan fingerprint density at radius 3 is 2.42 bits per heavy atom. The summed E-state index contributed by atoms with van der Waals surface area (Å²) in [7, 11) is 0. The lowest BCUT2D eigenvalue weighted by Crippen LogP contribution is -2.48. The zero-order valence-corrected chi connectivity index (χ0v) is 7.89. The van der Waals surface area contributed by atoms with Gasteiger partial charge in [0, 0.05) is 11.8 Å². The van der Waals surface area contributed by atoms with Gasteiger partial charge >= 0.3 is 0 Å². The highest BCUT2D eigenvalue weighted by Gasteiger charge is 2.72. The maximum atomic E-state index is 11.8. The van der Waals surface area contributed by atoms with Crippen LogP contribution < -0.4 is 0 Å². The Hall–Kier alpha value is -0.330. The minimum absolute atomic E-state index is 0.164. The highest BCUT2D eigenvalue weighted by atomic mass is 16.1. The van der Waals surface area contributed by atoms with Gasteiger partial charge in [-0.2, -0.15) is 0 Å². The molecule has 0 aromatic heterocycles. The topological polar surface area (TPSA) is 17.1 Å². The second-order valence-electron chi connectivity index (χ2n) is 5.49. The molecule has 0 aliphatic heterocycles. The van der Waals surface area contributed by atoms with Crippen LogP contribution in [-0.2, 0) is 4.79 Å². The molecule has 3 rings (SSSR count). The first-order valence-corrected chi connectivity index (χ1v) is 5.12. The van der Waals surface area contributed by atoms with Crippen molar-refractivity contribution < 1.29 is 4.79 Å². The van der Waals surface area contributed by atoms with Gasteiger partial charge in [-0.1, -0.05) is 13.8 Å². The molecule has 3 aliphatic carbocycles. The zero-order chi connectivity index (χ0) is 8.56. The monoisotopic (exact) mass is 164 g/mol. The molecule has 0 amide bonds. The third-order valence-corrected chi connectivity index (χ3v) is 5.25. The van der Waals surface area contributed by atoms with Crippen molar-refractivity contribution in [1.82, 2.24) is 0 Å². The fourth-order valence-corrected chi connectivity index (χ4v) is 4.28. The van der Waals surface area contributed by atoms with E-state index in [1.165, 1.54) is 19.3 Å². The normalized spacial score (nSPS) is 53.7. The predicted molar refractivity (Wildman–Crippen MR) is 46.7 cm³/mol. The summed E-state index contributed by atoms with van der Waals surface area (Å²) in [5.74, 6) is 2.09. The van der Waals surface area contributed by atoms with E-state index in [0.29, 0.717) is 11.2 Å². The lowest BCUT2D eigenvalue weighted by Gasteiger charge is -2.49. The first-order valence-electron chi connectivity index (χ1n) is 5.12. The van der Waals surface area contributed by atoms with Crippen LogP contribution in [0.3, 0.4) is 0 Å². The minimum Gasteiger partial charge on any atom is -0.299 e. The molecule has 12 heavy (non-hydrogen) atoms. The lowest BCUT2D eigenvalue weighted by molar-refractivity contribution is -0.141. The van der Waals surface area contributed by atoms with Crippen LogP contribution in [0.5, 0.6) is 0 Å². The molecule has 3 atom stereocenters. The van der Waals surface area contributed by atoms with E-state index in [1.807, 2.05) is 0 Å². The molecule has 3 fully saturated rings. The van der Waals surface area contributed by atoms with Crippen LogP contribution in [0.25, 0.3) is 0 Å². The molecule has 1 heteroatoms. The fourth-order valence-electron chi connectivity index (χ4n) is 4.28. The van der Waals surface area contributed by atoms with E-state index >= 15 is 0 Å². The van der Waals surface area contributed by atoms with Crippen LogP contribution >= 0.6 is 0 Å². The Morgan fingerprint density at radius 2 is 2.08 bits per heavy atom. The van der Waals surface area contributed by atoms with E-state index in [1.54, 1.807) is 0 Å². The summed E-state index contributed by atoms with van der Waals surface area (Å²) < 4.78 is 0. The number of hydrogen-bond acceptors (Lipinski definition) is 1. The smallest absolute Gasteiger partial charge is 0.140 e. The summed E-state index contributed by atoms with van der Waals surface area (Å²) in [5, 5.41) is 0. The summed E-state index contributed by atoms with van der Waals surface area (Å²) in [6.07, 6.45) is 4.76. The third-order valence-electron chi connectivity index (χ3n) is 5.25. The van der Waals surface area contributed by atoms with E-state index in [4.69, 9.17) is 0 Å². The van der Waals surface area contributed by atoms with Gasteiger partial charge in [-0.25, -0.2) is 0 Å². The number of hydrogen-bond donors (Lipinski definition) is 0. The van der Waals surface area contributed by atoms with Crippen molar-refractivity contribution in [2.24, 2.45) is 22.7 Å². The Bertz CT molecular complexity index is 266. The van der Waals surface area contributed by atoms with Crippen LogP contribution in [0.1, 0.15) is 39.5 Å². The van der Waals surface area contributed by atoms with Crippen LogP contribution in [0.15, 0.2) is 0 Å². The molecule has 0 N–H and O–H groups in total. The van der Waals surface area contributed by atoms with Crippen LogP contribution in [0.2, 0.25) is 0 Å². The van der Waals surface area contributed by atoms with Gasteiger partial charge in [0.15, 0.2) is 0 Å². The third kappa shape index (κ3) is 0.439. The Balaban J connectivity index is 2.16. The summed E-state index contributed by atoms with van der Waals surface area (Å²) >= 11 is 0. The minimum atomic E-state index is 0.164. The van der Waals surface area contributed by atoms with Crippen molar-refractivity contribution in [1.29, 1.82) is 0 Å². The Labute approximate surface area is 73.5 Å². The van der Waals surface area contributed by atoms with Crippen molar-refractivity contribution >= 4 is 5.78 Å². The van der Waals surface area contributed by atoms with Crippen molar-refractivity contribution in [3.63, 3.8) is 0 Å². The molecule has 1 nitrogen and oxygen atoms in total. The summed E-state index contributed by atoms with van der Waals surface area (Å²) in [4.78, 5) is 11.8. The number of carbonyl (C=O) groups excluding carboxylic acids is 1. The number of Topliss-reactive ketones (excluding diaryl/α,β-unsaturated/α-hetero) is 1. The van der Waals surface area contributed by atoms with E-state index in [0.717, 1.165) is 18.3 Å². The van der Waals surface area contributed by atoms with Gasteiger partial charge < -0.3 is 0 Å². The number of ketones is 1. The van der Waals surface area contributed by atoms with Gasteiger partial charge in [0.25, 0.3) is 0 Å². The van der Waals surface area contributed by atoms with Gasteiger partial charge in [0.1, 0.15) is 5.78 Å². The van der Waals surface area contributed by atoms with Gasteiger partial charge in [0.05, 0.1) is 0 Å². The van der Waals surface area contributed by atoms with Crippen molar-refractivity contribution in [2.45, 2.75) is 39.5 Å². The van der Waals surface area contributed by atoms with Crippen LogP contribution in [0.4, 0.5) is 0 Å². The average Bonchev–Trinajstić information content (AvgIpc) is 2.18. The van der Waals surface area contributed by atoms with Gasteiger partial charge in [-0.15, -0.1) is 0 Å². The molecule has 0 aromatic rings. The van der Waals surface area contributed by atoms with E-state index in [2.05, 4.69) is 13.8 Å². The van der Waals surface area contributed by atoms with Crippen LogP contribution in [0, 0.1) is 22.7 Å². The zero-order valence-electron chi connectivity index (χ0n) is 7.89. The van der Waals surface area contributed by atoms with Crippen molar-refractivity contribution in [3.05, 3.63) is 0 Å². The molecular formula is C11H16O. The summed E-state index contributed by atoms with van der Waals surface area (Å²) in [5.41, 5.74) is 0.505. The maximum absolute atomic E-state index is 11.8. The quantitative estimate of drug-likeness (QED) is 0.537. The first kappa shape index (κ1) is 7.11. The van der Waals surface area contributed by atoms with E-state index < -0.39 is 0 Å². The Kier molecular flexibility index (Phi) is 0.971. The van der Waals surface area contributed by atoms with Gasteiger partial charge in [-0.3, -0.25) is 4.79 Å². The summed E-state index contributed by atoms with van der Waals surface area (Å²) in [6, 6.07) is 0. The van der Waals surface area contributed by atoms with Gasteiger partial charge in [0.2, 0.25) is 0 Å². The molecule has 66 valence electrons. The molecule has 0 heterocycles. The number of fused-ring (bicyclic) bond motifs is 1. The molecule has 1 spiro atoms. The first-order chi connectivity index (χ1) is 5.59. The molecule has 3 unspecified atom stereocenters. The SMILES string of the molecule is CC1(C)C2CC(=O)C13CCC3C2. The van der Waals surface area contributed by atoms with Crippen molar-refractivity contribution in [2.75, 3.05) is 0 Å². The van der Waals surface area contributed by atoms with Gasteiger partial charge in [-0.05, 0) is 36.5 Å². The number of rotatable bonds is 0. The molecule has 3 aliphatic rings.